The van der Waals surface area contributed by atoms with Crippen molar-refractivity contribution in [2.45, 2.75) is 17.5 Å². The zero-order chi connectivity index (χ0) is 7.28. The first-order valence-corrected chi connectivity index (χ1v) is 4.74. The van der Waals surface area contributed by atoms with Gasteiger partial charge in [0.2, 0.25) is 0 Å². The molecule has 0 unspecified atom stereocenters. The number of nitrogens with two attached hydrogens (primary N) is 1. The third-order valence-electron chi connectivity index (χ3n) is 1.00. The monoisotopic (exact) mass is 259 g/mol. The molecular formula is C5H11Br2NO. The van der Waals surface area contributed by atoms with E-state index in [1.807, 2.05) is 0 Å². The summed E-state index contributed by atoms with van der Waals surface area (Å²) in [4.78, 5) is 0. The summed E-state index contributed by atoms with van der Waals surface area (Å²) >= 11 is 6.57. The summed E-state index contributed by atoms with van der Waals surface area (Å²) in [6.45, 7) is 0. The molecule has 56 valence electrons. The molecule has 0 rings (SSSR count). The van der Waals surface area contributed by atoms with Crippen molar-refractivity contribution in [2.24, 2.45) is 5.73 Å². The van der Waals surface area contributed by atoms with Gasteiger partial charge in [0.25, 0.3) is 0 Å². The van der Waals surface area contributed by atoms with Crippen LogP contribution in [0.3, 0.4) is 0 Å². The molecule has 4 heteroatoms. The molecule has 2 atom stereocenters. The first kappa shape index (κ1) is 9.88. The molecule has 0 saturated heterocycles. The fourth-order valence-corrected chi connectivity index (χ4v) is 1.22. The number of rotatable bonds is 4. The number of hydrogen-bond acceptors (Lipinski definition) is 2. The molecule has 0 aliphatic heterocycles. The molecule has 0 aliphatic carbocycles. The van der Waals surface area contributed by atoms with Crippen LogP contribution in [0.15, 0.2) is 0 Å². The highest BCUT2D eigenvalue weighted by Crippen LogP contribution is 2.08. The Morgan fingerprint density at radius 2 is 2.22 bits per heavy atom. The fourth-order valence-electron chi connectivity index (χ4n) is 0.432. The molecule has 0 aromatic rings. The number of alkyl halides is 2. The second kappa shape index (κ2) is 5.65. The maximum Gasteiger partial charge on any atom is 0.127 e. The molecule has 2 N–H and O–H groups in total. The molecule has 0 amide bonds. The molecule has 0 bridgehead atoms. The van der Waals surface area contributed by atoms with E-state index in [0.717, 1.165) is 11.8 Å². The third-order valence-corrected chi connectivity index (χ3v) is 2.51. The highest BCUT2D eigenvalue weighted by molar-refractivity contribution is 9.09. The van der Waals surface area contributed by atoms with Crippen molar-refractivity contribution in [2.75, 3.05) is 12.4 Å². The van der Waals surface area contributed by atoms with E-state index >= 15 is 0 Å². The van der Waals surface area contributed by atoms with Crippen molar-refractivity contribution in [1.82, 2.24) is 0 Å². The predicted octanol–water partition coefficient (Wildman–Crippen LogP) is 1.47. The zero-order valence-corrected chi connectivity index (χ0v) is 8.48. The van der Waals surface area contributed by atoms with Gasteiger partial charge >= 0.3 is 0 Å². The fraction of sp³-hybridized carbons (Fsp3) is 1.00. The van der Waals surface area contributed by atoms with Gasteiger partial charge in [-0.05, 0) is 6.42 Å². The molecule has 0 aromatic heterocycles. The minimum Gasteiger partial charge on any atom is -0.369 e. The van der Waals surface area contributed by atoms with Crippen molar-refractivity contribution >= 4 is 31.9 Å². The minimum atomic E-state index is -0.0185. The summed E-state index contributed by atoms with van der Waals surface area (Å²) in [5.41, 5.74) is 5.64. The first-order chi connectivity index (χ1) is 4.22. The van der Waals surface area contributed by atoms with Gasteiger partial charge in [-0.2, -0.15) is 0 Å². The van der Waals surface area contributed by atoms with Gasteiger partial charge in [0.1, 0.15) is 5.01 Å². The second-order valence-electron chi connectivity index (χ2n) is 1.73. The number of methoxy groups -OCH3 is 1. The predicted molar refractivity (Wildman–Crippen MR) is 46.1 cm³/mol. The Bertz CT molecular complexity index is 72.0. The molecule has 0 spiro atoms. The quantitative estimate of drug-likeness (QED) is 0.777. The normalized spacial score (nSPS) is 17.3. The summed E-state index contributed by atoms with van der Waals surface area (Å²) in [6.07, 6.45) is 0.920. The van der Waals surface area contributed by atoms with E-state index in [0.29, 0.717) is 0 Å². The summed E-state index contributed by atoms with van der Waals surface area (Å²) in [6, 6.07) is 0.0781. The Morgan fingerprint density at radius 3 is 2.56 bits per heavy atom. The molecule has 0 aliphatic rings. The van der Waals surface area contributed by atoms with Gasteiger partial charge in [-0.3, -0.25) is 0 Å². The van der Waals surface area contributed by atoms with Crippen LogP contribution in [0.4, 0.5) is 0 Å². The van der Waals surface area contributed by atoms with Crippen LogP contribution in [0, 0.1) is 0 Å². The van der Waals surface area contributed by atoms with E-state index < -0.39 is 0 Å². The Labute approximate surface area is 72.4 Å². The van der Waals surface area contributed by atoms with Gasteiger partial charge in [-0.1, -0.05) is 31.9 Å². The van der Waals surface area contributed by atoms with E-state index in [1.54, 1.807) is 7.11 Å². The zero-order valence-electron chi connectivity index (χ0n) is 5.31. The van der Waals surface area contributed by atoms with Crippen LogP contribution in [0.5, 0.6) is 0 Å². The average molecular weight is 261 g/mol. The third kappa shape index (κ3) is 4.31. The summed E-state index contributed by atoms with van der Waals surface area (Å²) in [7, 11) is 1.63. The van der Waals surface area contributed by atoms with Crippen LogP contribution < -0.4 is 5.73 Å². The van der Waals surface area contributed by atoms with E-state index in [4.69, 9.17) is 10.5 Å². The number of ether oxygens (including phenoxy) is 1. The van der Waals surface area contributed by atoms with Crippen molar-refractivity contribution < 1.29 is 4.74 Å². The van der Waals surface area contributed by atoms with E-state index in [-0.39, 0.29) is 11.1 Å². The minimum absolute atomic E-state index is 0.0185. The van der Waals surface area contributed by atoms with Gasteiger partial charge in [0.05, 0.1) is 0 Å². The maximum atomic E-state index is 5.64. The first-order valence-electron chi connectivity index (χ1n) is 2.70. The molecule has 0 radical (unpaired) electrons. The Hall–Kier alpha value is 0.880. The highest BCUT2D eigenvalue weighted by Gasteiger charge is 2.11. The number of halogens is 2. The summed E-state index contributed by atoms with van der Waals surface area (Å²) < 4.78 is 4.94. The summed E-state index contributed by atoms with van der Waals surface area (Å²) in [5.74, 6) is 0. The Kier molecular flexibility index (Phi) is 6.20. The van der Waals surface area contributed by atoms with Crippen molar-refractivity contribution in [3.05, 3.63) is 0 Å². The lowest BCUT2D eigenvalue weighted by Gasteiger charge is -2.14. The standard InChI is InChI=1S/C5H11Br2NO/c1-9-5(7)4(8)2-3-6/h4-5H,2-3,8H2,1H3/t4-,5+/m0/s1. The van der Waals surface area contributed by atoms with Crippen LogP contribution in [0.1, 0.15) is 6.42 Å². The van der Waals surface area contributed by atoms with Gasteiger partial charge < -0.3 is 10.5 Å². The van der Waals surface area contributed by atoms with E-state index in [1.165, 1.54) is 0 Å². The van der Waals surface area contributed by atoms with Crippen molar-refractivity contribution in [3.8, 4) is 0 Å². The van der Waals surface area contributed by atoms with Crippen LogP contribution in [0.2, 0.25) is 0 Å². The molecule has 2 nitrogen and oxygen atoms in total. The molecule has 0 saturated carbocycles. The lowest BCUT2D eigenvalue weighted by molar-refractivity contribution is 0.155. The lowest BCUT2D eigenvalue weighted by atomic mass is 10.3. The molecular weight excluding hydrogens is 250 g/mol. The molecule has 0 aromatic carbocycles. The topological polar surface area (TPSA) is 35.2 Å². The Morgan fingerprint density at radius 1 is 1.67 bits per heavy atom. The Balaban J connectivity index is 3.32. The van der Waals surface area contributed by atoms with Gasteiger partial charge in [-0.25, -0.2) is 0 Å². The number of hydrogen-bond donors (Lipinski definition) is 1. The van der Waals surface area contributed by atoms with Gasteiger partial charge in [0.15, 0.2) is 0 Å². The molecule has 0 heterocycles. The van der Waals surface area contributed by atoms with Crippen LogP contribution in [0.25, 0.3) is 0 Å². The second-order valence-corrected chi connectivity index (χ2v) is 3.42. The van der Waals surface area contributed by atoms with Crippen molar-refractivity contribution in [3.63, 3.8) is 0 Å². The van der Waals surface area contributed by atoms with Crippen molar-refractivity contribution in [1.29, 1.82) is 0 Å². The summed E-state index contributed by atoms with van der Waals surface area (Å²) in [5, 5.41) is 0.898. The SMILES string of the molecule is CO[C@@H](Br)[C@@H](N)CCBr. The highest BCUT2D eigenvalue weighted by atomic mass is 79.9. The van der Waals surface area contributed by atoms with Crippen LogP contribution >= 0.6 is 31.9 Å². The van der Waals surface area contributed by atoms with Gasteiger partial charge in [0, 0.05) is 18.5 Å². The van der Waals surface area contributed by atoms with Crippen LogP contribution in [-0.4, -0.2) is 23.5 Å². The van der Waals surface area contributed by atoms with Crippen LogP contribution in [-0.2, 0) is 4.74 Å². The largest absolute Gasteiger partial charge is 0.369 e. The van der Waals surface area contributed by atoms with Gasteiger partial charge in [-0.15, -0.1) is 0 Å². The lowest BCUT2D eigenvalue weighted by Crippen LogP contribution is -2.31. The molecule has 9 heavy (non-hydrogen) atoms. The van der Waals surface area contributed by atoms with E-state index in [2.05, 4.69) is 31.9 Å². The molecule has 0 fully saturated rings. The van der Waals surface area contributed by atoms with E-state index in [9.17, 15) is 0 Å². The maximum absolute atomic E-state index is 5.64. The smallest absolute Gasteiger partial charge is 0.127 e. The average Bonchev–Trinajstić information content (AvgIpc) is 1.87.